The minimum Gasteiger partial charge on any atom is -0.494 e. The number of nitrogens with zero attached hydrogens (tertiary/aromatic N) is 5. The number of aromatic nitrogens is 3. The van der Waals surface area contributed by atoms with Crippen molar-refractivity contribution in [3.8, 4) is 23.4 Å². The van der Waals surface area contributed by atoms with Crippen LogP contribution in [0.4, 0.5) is 11.5 Å². The quantitative estimate of drug-likeness (QED) is 0.327. The van der Waals surface area contributed by atoms with E-state index in [9.17, 15) is 20.2 Å². The lowest BCUT2D eigenvalue weighted by molar-refractivity contribution is -0.385. The summed E-state index contributed by atoms with van der Waals surface area (Å²) >= 11 is 0. The van der Waals surface area contributed by atoms with Gasteiger partial charge >= 0.3 is 5.69 Å². The minimum atomic E-state index is -0.633. The van der Waals surface area contributed by atoms with E-state index in [4.69, 9.17) is 9.47 Å². The van der Waals surface area contributed by atoms with Gasteiger partial charge in [0.1, 0.15) is 22.9 Å². The number of fused-ring (bicyclic) bond motifs is 1. The molecule has 4 aromatic rings. The maximum atomic E-state index is 12.6. The third-order valence-corrected chi connectivity index (χ3v) is 5.00. The number of hydrogen-bond donors (Lipinski definition) is 1. The molecule has 34 heavy (non-hydrogen) atoms. The van der Waals surface area contributed by atoms with Crippen molar-refractivity contribution in [1.82, 2.24) is 14.8 Å². The van der Waals surface area contributed by atoms with Gasteiger partial charge in [0.05, 0.1) is 18.2 Å². The molecular weight excluding hydrogens is 440 g/mol. The van der Waals surface area contributed by atoms with Gasteiger partial charge in [-0.3, -0.25) is 14.9 Å². The molecule has 1 amide bonds. The highest BCUT2D eigenvalue weighted by Crippen LogP contribution is 2.29. The van der Waals surface area contributed by atoms with Crippen LogP contribution < -0.4 is 14.8 Å². The lowest BCUT2D eigenvalue weighted by Gasteiger charge is -2.13. The molecule has 0 aliphatic heterocycles. The number of rotatable bonds is 7. The predicted molar refractivity (Wildman–Crippen MR) is 122 cm³/mol. The fourth-order valence-corrected chi connectivity index (χ4v) is 3.41. The summed E-state index contributed by atoms with van der Waals surface area (Å²) < 4.78 is 12.1. The van der Waals surface area contributed by atoms with Crippen LogP contribution in [-0.4, -0.2) is 39.3 Å². The number of nitro groups is 1. The largest absolute Gasteiger partial charge is 0.494 e. The van der Waals surface area contributed by atoms with Crippen LogP contribution in [-0.2, 0) is 4.79 Å². The summed E-state index contributed by atoms with van der Waals surface area (Å²) in [5.41, 5.74) is 1.34. The molecule has 0 aliphatic carbocycles. The molecule has 0 fully saturated rings. The predicted octanol–water partition coefficient (Wildman–Crippen LogP) is 3.53. The first-order chi connectivity index (χ1) is 16.4. The van der Waals surface area contributed by atoms with Gasteiger partial charge in [0.15, 0.2) is 24.0 Å². The molecule has 0 bridgehead atoms. The molecule has 170 valence electrons. The number of carbonyl (C=O) groups excluding carboxylic acids is 1. The molecule has 2 aromatic heterocycles. The normalized spacial score (nSPS) is 10.5. The summed E-state index contributed by atoms with van der Waals surface area (Å²) in [6, 6.07) is 15.0. The molecule has 0 aliphatic rings. The van der Waals surface area contributed by atoms with E-state index < -0.39 is 17.4 Å². The van der Waals surface area contributed by atoms with Gasteiger partial charge in [-0.1, -0.05) is 24.3 Å². The SMILES string of the molecule is COc1cccc2c(C)cc(-n3ncc(C#N)c3NC(=O)COc3ccccc3[N+](=O)[O-])nc12. The Morgan fingerprint density at radius 2 is 2.00 bits per heavy atom. The van der Waals surface area contributed by atoms with E-state index in [0.29, 0.717) is 17.1 Å². The van der Waals surface area contributed by atoms with Crippen molar-refractivity contribution in [2.45, 2.75) is 6.92 Å². The highest BCUT2D eigenvalue weighted by molar-refractivity contribution is 5.93. The summed E-state index contributed by atoms with van der Waals surface area (Å²) in [5, 5.41) is 28.3. The Balaban J connectivity index is 1.64. The molecule has 1 N–H and O–H groups in total. The Kier molecular flexibility index (Phi) is 6.05. The average Bonchev–Trinajstić information content (AvgIpc) is 3.24. The third kappa shape index (κ3) is 4.20. The number of methoxy groups -OCH3 is 1. The van der Waals surface area contributed by atoms with Crippen LogP contribution in [0.1, 0.15) is 11.1 Å². The molecular formula is C23H18N6O5. The van der Waals surface area contributed by atoms with Crippen LogP contribution in [0.25, 0.3) is 16.7 Å². The average molecular weight is 458 g/mol. The second-order valence-corrected chi connectivity index (χ2v) is 7.15. The number of benzene rings is 2. The van der Waals surface area contributed by atoms with E-state index in [-0.39, 0.29) is 22.8 Å². The number of amides is 1. The van der Waals surface area contributed by atoms with Crippen LogP contribution in [0.3, 0.4) is 0 Å². The first-order valence-electron chi connectivity index (χ1n) is 10.0. The van der Waals surface area contributed by atoms with Crippen molar-refractivity contribution in [3.63, 3.8) is 0 Å². The van der Waals surface area contributed by atoms with E-state index in [0.717, 1.165) is 10.9 Å². The monoisotopic (exact) mass is 458 g/mol. The number of nitro benzene ring substituents is 1. The minimum absolute atomic E-state index is 0.0458. The van der Waals surface area contributed by atoms with Gasteiger partial charge in [-0.2, -0.15) is 15.0 Å². The third-order valence-electron chi connectivity index (χ3n) is 5.00. The van der Waals surface area contributed by atoms with E-state index >= 15 is 0 Å². The van der Waals surface area contributed by atoms with Crippen molar-refractivity contribution in [2.24, 2.45) is 0 Å². The van der Waals surface area contributed by atoms with Crippen LogP contribution >= 0.6 is 0 Å². The zero-order chi connectivity index (χ0) is 24.2. The molecule has 11 nitrogen and oxygen atoms in total. The van der Waals surface area contributed by atoms with Crippen molar-refractivity contribution in [3.05, 3.63) is 76.0 Å². The Morgan fingerprint density at radius 1 is 1.24 bits per heavy atom. The summed E-state index contributed by atoms with van der Waals surface area (Å²) in [6.07, 6.45) is 1.31. The number of nitriles is 1. The lowest BCUT2D eigenvalue weighted by atomic mass is 10.1. The van der Waals surface area contributed by atoms with Crippen LogP contribution in [0.5, 0.6) is 11.5 Å². The number of pyridine rings is 1. The maximum absolute atomic E-state index is 12.6. The highest BCUT2D eigenvalue weighted by Gasteiger charge is 2.19. The van der Waals surface area contributed by atoms with Gasteiger partial charge in [0, 0.05) is 11.5 Å². The Hall–Kier alpha value is -4.98. The van der Waals surface area contributed by atoms with E-state index in [2.05, 4.69) is 15.4 Å². The summed E-state index contributed by atoms with van der Waals surface area (Å²) in [6.45, 7) is 1.39. The zero-order valence-electron chi connectivity index (χ0n) is 18.2. The van der Waals surface area contributed by atoms with E-state index in [1.54, 1.807) is 25.3 Å². The molecule has 0 unspecified atom stereocenters. The molecule has 11 heteroatoms. The molecule has 0 radical (unpaired) electrons. The highest BCUT2D eigenvalue weighted by atomic mass is 16.6. The first-order valence-corrected chi connectivity index (χ1v) is 10.0. The standard InChI is InChI=1S/C23H18N6O5/c1-14-10-20(26-22-16(14)6-5-9-19(22)33-2)28-23(15(11-24)12-25-28)27-21(30)13-34-18-8-4-3-7-17(18)29(31)32/h3-10,12H,13H2,1-2H3,(H,27,30). The molecule has 4 rings (SSSR count). The second kappa shape index (κ2) is 9.25. The molecule has 0 saturated heterocycles. The Morgan fingerprint density at radius 3 is 2.74 bits per heavy atom. The number of anilines is 1. The van der Waals surface area contributed by atoms with Gasteiger partial charge in [0.2, 0.25) is 0 Å². The molecule has 2 aromatic carbocycles. The molecule has 0 atom stereocenters. The van der Waals surface area contributed by atoms with Gasteiger partial charge in [0.25, 0.3) is 5.91 Å². The summed E-state index contributed by atoms with van der Waals surface area (Å²) in [5.74, 6) is 0.353. The van der Waals surface area contributed by atoms with E-state index in [1.165, 1.54) is 29.1 Å². The molecule has 0 saturated carbocycles. The number of aryl methyl sites for hydroxylation is 1. The fraction of sp³-hybridized carbons (Fsp3) is 0.130. The van der Waals surface area contributed by atoms with Gasteiger partial charge < -0.3 is 14.8 Å². The lowest BCUT2D eigenvalue weighted by Crippen LogP contribution is -2.23. The molecule has 2 heterocycles. The Bertz CT molecular complexity index is 1460. The number of para-hydroxylation sites is 3. The number of carbonyl (C=O) groups is 1. The topological polar surface area (TPSA) is 145 Å². The molecule has 0 spiro atoms. The van der Waals surface area contributed by atoms with E-state index in [1.807, 2.05) is 25.1 Å². The van der Waals surface area contributed by atoms with Crippen molar-refractivity contribution < 1.29 is 19.2 Å². The summed E-state index contributed by atoms with van der Waals surface area (Å²) in [4.78, 5) is 27.8. The first kappa shape index (κ1) is 22.2. The number of nitrogens with one attached hydrogen (secondary N) is 1. The Labute approximate surface area is 193 Å². The van der Waals surface area contributed by atoms with Gasteiger partial charge in [-0.05, 0) is 30.7 Å². The number of hydrogen-bond acceptors (Lipinski definition) is 8. The fourth-order valence-electron chi connectivity index (χ4n) is 3.41. The van der Waals surface area contributed by atoms with Gasteiger partial charge in [-0.15, -0.1) is 0 Å². The van der Waals surface area contributed by atoms with Crippen molar-refractivity contribution >= 4 is 28.3 Å². The maximum Gasteiger partial charge on any atom is 0.310 e. The summed E-state index contributed by atoms with van der Waals surface area (Å²) in [7, 11) is 1.54. The second-order valence-electron chi connectivity index (χ2n) is 7.15. The zero-order valence-corrected chi connectivity index (χ0v) is 18.2. The van der Waals surface area contributed by atoms with Crippen LogP contribution in [0.2, 0.25) is 0 Å². The van der Waals surface area contributed by atoms with Crippen LogP contribution in [0.15, 0.2) is 54.7 Å². The van der Waals surface area contributed by atoms with Gasteiger partial charge in [-0.25, -0.2) is 4.98 Å². The van der Waals surface area contributed by atoms with Crippen molar-refractivity contribution in [2.75, 3.05) is 19.0 Å². The van der Waals surface area contributed by atoms with Crippen molar-refractivity contribution in [1.29, 1.82) is 5.26 Å². The number of ether oxygens (including phenoxy) is 2. The smallest absolute Gasteiger partial charge is 0.310 e. The van der Waals surface area contributed by atoms with Crippen LogP contribution in [0, 0.1) is 28.4 Å².